The Labute approximate surface area is 113 Å². The SMILES string of the molecule is COC(=O)C[C@H](NC(=O)Nc1ccc(F)cc1)C(=O)O. The summed E-state index contributed by atoms with van der Waals surface area (Å²) < 4.78 is 17.0. The lowest BCUT2D eigenvalue weighted by Crippen LogP contribution is -2.44. The van der Waals surface area contributed by atoms with Crippen LogP contribution in [0.15, 0.2) is 24.3 Å². The van der Waals surface area contributed by atoms with Crippen molar-refractivity contribution in [2.45, 2.75) is 12.5 Å². The molecule has 8 heteroatoms. The lowest BCUT2D eigenvalue weighted by atomic mass is 10.2. The molecule has 0 aromatic heterocycles. The van der Waals surface area contributed by atoms with Gasteiger partial charge in [-0.2, -0.15) is 0 Å². The number of hydrogen-bond acceptors (Lipinski definition) is 4. The molecule has 2 amide bonds. The van der Waals surface area contributed by atoms with E-state index in [0.29, 0.717) is 0 Å². The largest absolute Gasteiger partial charge is 0.480 e. The Hall–Kier alpha value is -2.64. The van der Waals surface area contributed by atoms with Crippen LogP contribution in [-0.2, 0) is 14.3 Å². The molecule has 0 heterocycles. The summed E-state index contributed by atoms with van der Waals surface area (Å²) in [5, 5.41) is 13.3. The first-order valence-corrected chi connectivity index (χ1v) is 5.55. The number of hydrogen-bond donors (Lipinski definition) is 3. The van der Waals surface area contributed by atoms with Crippen LogP contribution in [0, 0.1) is 5.82 Å². The third-order valence-electron chi connectivity index (χ3n) is 2.30. The molecule has 0 saturated carbocycles. The molecule has 1 atom stereocenters. The van der Waals surface area contributed by atoms with Crippen LogP contribution in [0.4, 0.5) is 14.9 Å². The molecule has 3 N–H and O–H groups in total. The first-order chi connectivity index (χ1) is 9.42. The quantitative estimate of drug-likeness (QED) is 0.699. The molecule has 0 spiro atoms. The maximum atomic E-state index is 12.7. The van der Waals surface area contributed by atoms with E-state index in [2.05, 4.69) is 15.4 Å². The number of benzene rings is 1. The molecule has 1 aromatic rings. The second-order valence-electron chi connectivity index (χ2n) is 3.78. The number of anilines is 1. The number of carbonyl (C=O) groups excluding carboxylic acids is 2. The third kappa shape index (κ3) is 4.92. The molecule has 1 rings (SSSR count). The molecular weight excluding hydrogens is 271 g/mol. The molecule has 108 valence electrons. The minimum atomic E-state index is -1.41. The fraction of sp³-hybridized carbons (Fsp3) is 0.250. The summed E-state index contributed by atoms with van der Waals surface area (Å²) in [6.07, 6.45) is -0.497. The number of methoxy groups -OCH3 is 1. The number of halogens is 1. The van der Waals surface area contributed by atoms with Gasteiger partial charge in [-0.1, -0.05) is 0 Å². The zero-order valence-electron chi connectivity index (χ0n) is 10.6. The van der Waals surface area contributed by atoms with Crippen LogP contribution >= 0.6 is 0 Å². The predicted octanol–water partition coefficient (Wildman–Crippen LogP) is 0.964. The molecule has 1 aromatic carbocycles. The van der Waals surface area contributed by atoms with Gasteiger partial charge in [0.2, 0.25) is 0 Å². The van der Waals surface area contributed by atoms with E-state index in [1.54, 1.807) is 0 Å². The summed E-state index contributed by atoms with van der Waals surface area (Å²) in [6, 6.07) is 2.66. The van der Waals surface area contributed by atoms with Gasteiger partial charge >= 0.3 is 18.0 Å². The Morgan fingerprint density at radius 3 is 2.40 bits per heavy atom. The first kappa shape index (κ1) is 15.4. The van der Waals surface area contributed by atoms with Crippen molar-refractivity contribution in [3.8, 4) is 0 Å². The number of carboxylic acids is 1. The normalized spacial score (nSPS) is 11.3. The van der Waals surface area contributed by atoms with Crippen molar-refractivity contribution in [3.05, 3.63) is 30.1 Å². The van der Waals surface area contributed by atoms with Gasteiger partial charge in [-0.15, -0.1) is 0 Å². The Balaban J connectivity index is 2.60. The number of aliphatic carboxylic acids is 1. The first-order valence-electron chi connectivity index (χ1n) is 5.55. The fourth-order valence-electron chi connectivity index (χ4n) is 1.31. The third-order valence-corrected chi connectivity index (χ3v) is 2.30. The summed E-state index contributed by atoms with van der Waals surface area (Å²) in [5.74, 6) is -2.60. The number of amides is 2. The topological polar surface area (TPSA) is 105 Å². The van der Waals surface area contributed by atoms with Gasteiger partial charge in [0.1, 0.15) is 11.9 Å². The van der Waals surface area contributed by atoms with Gasteiger partial charge in [0.05, 0.1) is 13.5 Å². The number of ether oxygens (including phenoxy) is 1. The van der Waals surface area contributed by atoms with Gasteiger partial charge in [0.15, 0.2) is 0 Å². The van der Waals surface area contributed by atoms with Gasteiger partial charge in [-0.05, 0) is 24.3 Å². The smallest absolute Gasteiger partial charge is 0.326 e. The highest BCUT2D eigenvalue weighted by Crippen LogP contribution is 2.08. The number of nitrogens with one attached hydrogen (secondary N) is 2. The Bertz CT molecular complexity index is 503. The number of rotatable bonds is 5. The molecule has 0 fully saturated rings. The minimum Gasteiger partial charge on any atom is -0.480 e. The summed E-state index contributed by atoms with van der Waals surface area (Å²) in [5.41, 5.74) is 0.283. The van der Waals surface area contributed by atoms with Crippen molar-refractivity contribution in [1.82, 2.24) is 5.32 Å². The van der Waals surface area contributed by atoms with E-state index in [0.717, 1.165) is 19.2 Å². The number of urea groups is 1. The predicted molar refractivity (Wildman–Crippen MR) is 66.6 cm³/mol. The van der Waals surface area contributed by atoms with Crippen LogP contribution in [0.1, 0.15) is 6.42 Å². The van der Waals surface area contributed by atoms with Crippen LogP contribution in [0.2, 0.25) is 0 Å². The molecule has 7 nitrogen and oxygen atoms in total. The summed E-state index contributed by atoms with van der Waals surface area (Å²) >= 11 is 0. The summed E-state index contributed by atoms with van der Waals surface area (Å²) in [7, 11) is 1.11. The number of carboxylic acid groups (broad SMARTS) is 1. The van der Waals surface area contributed by atoms with Gasteiger partial charge in [0.25, 0.3) is 0 Å². The maximum absolute atomic E-state index is 12.7. The van der Waals surface area contributed by atoms with Crippen LogP contribution in [0.5, 0.6) is 0 Å². The molecule has 0 aliphatic carbocycles. The average Bonchev–Trinajstić information content (AvgIpc) is 2.40. The molecule has 20 heavy (non-hydrogen) atoms. The molecule has 0 radical (unpaired) electrons. The molecule has 0 unspecified atom stereocenters. The van der Waals surface area contributed by atoms with Crippen molar-refractivity contribution < 1.29 is 28.6 Å². The van der Waals surface area contributed by atoms with Crippen LogP contribution in [0.25, 0.3) is 0 Å². The van der Waals surface area contributed by atoms with Gasteiger partial charge in [-0.3, -0.25) is 4.79 Å². The number of carbonyl (C=O) groups is 3. The van der Waals surface area contributed by atoms with Crippen molar-refractivity contribution in [1.29, 1.82) is 0 Å². The van der Waals surface area contributed by atoms with E-state index in [1.807, 2.05) is 0 Å². The molecule has 0 bridgehead atoms. The van der Waals surface area contributed by atoms with Gasteiger partial charge in [0, 0.05) is 5.69 Å². The standard InChI is InChI=1S/C12H13FN2O5/c1-20-10(16)6-9(11(17)18)15-12(19)14-8-4-2-7(13)3-5-8/h2-5,9H,6H2,1H3,(H,17,18)(H2,14,15,19)/t9-/m0/s1. The van der Waals surface area contributed by atoms with Crippen molar-refractivity contribution >= 4 is 23.7 Å². The summed E-state index contributed by atoms with van der Waals surface area (Å²) in [4.78, 5) is 33.4. The van der Waals surface area contributed by atoms with Crippen LogP contribution in [-0.4, -0.2) is 36.2 Å². The second-order valence-corrected chi connectivity index (χ2v) is 3.78. The van der Waals surface area contributed by atoms with E-state index in [4.69, 9.17) is 5.11 Å². The molecular formula is C12H13FN2O5. The second kappa shape index (κ2) is 7.07. The zero-order valence-corrected chi connectivity index (χ0v) is 10.6. The summed E-state index contributed by atoms with van der Waals surface area (Å²) in [6.45, 7) is 0. The Morgan fingerprint density at radius 1 is 1.30 bits per heavy atom. The van der Waals surface area contributed by atoms with Crippen molar-refractivity contribution in [2.75, 3.05) is 12.4 Å². The lowest BCUT2D eigenvalue weighted by molar-refractivity contribution is -0.147. The average molecular weight is 284 g/mol. The van der Waals surface area contributed by atoms with Crippen LogP contribution < -0.4 is 10.6 Å². The molecule has 0 saturated heterocycles. The monoisotopic (exact) mass is 284 g/mol. The van der Waals surface area contributed by atoms with E-state index in [1.165, 1.54) is 12.1 Å². The molecule has 0 aliphatic rings. The fourth-order valence-corrected chi connectivity index (χ4v) is 1.31. The van der Waals surface area contributed by atoms with E-state index in [9.17, 15) is 18.8 Å². The van der Waals surface area contributed by atoms with Crippen molar-refractivity contribution in [2.24, 2.45) is 0 Å². The lowest BCUT2D eigenvalue weighted by Gasteiger charge is -2.14. The highest BCUT2D eigenvalue weighted by molar-refractivity contribution is 5.93. The van der Waals surface area contributed by atoms with Crippen LogP contribution in [0.3, 0.4) is 0 Å². The maximum Gasteiger partial charge on any atom is 0.326 e. The zero-order chi connectivity index (χ0) is 15.1. The van der Waals surface area contributed by atoms with E-state index >= 15 is 0 Å². The highest BCUT2D eigenvalue weighted by atomic mass is 19.1. The van der Waals surface area contributed by atoms with Gasteiger partial charge < -0.3 is 20.5 Å². The minimum absolute atomic E-state index is 0.283. The van der Waals surface area contributed by atoms with E-state index < -0.39 is 36.2 Å². The molecule has 0 aliphatic heterocycles. The highest BCUT2D eigenvalue weighted by Gasteiger charge is 2.23. The Kier molecular flexibility index (Phi) is 5.45. The van der Waals surface area contributed by atoms with Gasteiger partial charge in [-0.25, -0.2) is 14.0 Å². The van der Waals surface area contributed by atoms with Crippen molar-refractivity contribution in [3.63, 3.8) is 0 Å². The Morgan fingerprint density at radius 2 is 1.90 bits per heavy atom. The van der Waals surface area contributed by atoms with E-state index in [-0.39, 0.29) is 5.69 Å². The number of esters is 1.